The summed E-state index contributed by atoms with van der Waals surface area (Å²) in [6.07, 6.45) is 1.51. The van der Waals surface area contributed by atoms with Crippen molar-refractivity contribution in [3.8, 4) is 11.3 Å². The van der Waals surface area contributed by atoms with Gasteiger partial charge in [0.05, 0.1) is 11.0 Å². The van der Waals surface area contributed by atoms with Crippen LogP contribution in [0, 0.1) is 0 Å². The van der Waals surface area contributed by atoms with E-state index < -0.39 is 0 Å². The summed E-state index contributed by atoms with van der Waals surface area (Å²) in [5, 5.41) is 1.52. The summed E-state index contributed by atoms with van der Waals surface area (Å²) in [5.41, 5.74) is 1.84. The summed E-state index contributed by atoms with van der Waals surface area (Å²) in [6, 6.07) is 17.5. The largest absolute Gasteiger partial charge is 0.238 e. The molecule has 0 fully saturated rings. The maximum Gasteiger partial charge on any atom is 0.116 e. The second kappa shape index (κ2) is 5.73. The predicted molar refractivity (Wildman–Crippen MR) is 75.4 cm³/mol. The summed E-state index contributed by atoms with van der Waals surface area (Å²) >= 11 is 0. The Bertz CT molecular complexity index is 677. The molecule has 0 radical (unpaired) electrons. The standard InChI is InChI=1S/C16H14N2/c1-13-8-6-7-9-14(2)17-12-18-16(13)15-10-4-3-5-11-15/h3-12H,1-2H2. The van der Waals surface area contributed by atoms with Crippen molar-refractivity contribution in [3.05, 3.63) is 71.5 Å². The average molecular weight is 234 g/mol. The van der Waals surface area contributed by atoms with Gasteiger partial charge in [0.2, 0.25) is 0 Å². The van der Waals surface area contributed by atoms with E-state index >= 15 is 0 Å². The van der Waals surface area contributed by atoms with Crippen molar-refractivity contribution in [1.82, 2.24) is 9.97 Å². The van der Waals surface area contributed by atoms with Gasteiger partial charge in [-0.05, 0) is 11.3 Å². The van der Waals surface area contributed by atoms with Crippen molar-refractivity contribution in [2.75, 3.05) is 0 Å². The van der Waals surface area contributed by atoms with E-state index in [1.165, 1.54) is 6.33 Å². The van der Waals surface area contributed by atoms with Crippen LogP contribution in [0.1, 0.15) is 0 Å². The molecule has 0 atom stereocenters. The molecule has 0 amide bonds. The number of benzene rings is 1. The molecule has 2 heteroatoms. The van der Waals surface area contributed by atoms with Crippen LogP contribution >= 0.6 is 0 Å². The Balaban J connectivity index is 2.71. The van der Waals surface area contributed by atoms with E-state index in [9.17, 15) is 0 Å². The van der Waals surface area contributed by atoms with Gasteiger partial charge in [-0.1, -0.05) is 61.7 Å². The minimum Gasteiger partial charge on any atom is -0.238 e. The van der Waals surface area contributed by atoms with Crippen LogP contribution in [-0.4, -0.2) is 9.97 Å². The number of nitrogens with zero attached hydrogens (tertiary/aromatic N) is 2. The van der Waals surface area contributed by atoms with E-state index in [2.05, 4.69) is 23.1 Å². The lowest BCUT2D eigenvalue weighted by Crippen LogP contribution is -2.04. The molecule has 18 heavy (non-hydrogen) atoms. The molecule has 88 valence electrons. The number of aromatic nitrogens is 2. The third kappa shape index (κ3) is 3.01. The quantitative estimate of drug-likeness (QED) is 0.755. The third-order valence-corrected chi connectivity index (χ3v) is 2.46. The molecular formula is C16H14N2. The minimum absolute atomic E-state index is 0.670. The number of hydrogen-bond acceptors (Lipinski definition) is 2. The Labute approximate surface area is 106 Å². The molecule has 2 aromatic rings. The van der Waals surface area contributed by atoms with Gasteiger partial charge in [0.15, 0.2) is 0 Å². The lowest BCUT2D eigenvalue weighted by molar-refractivity contribution is 1.17. The summed E-state index contributed by atoms with van der Waals surface area (Å²) in [5.74, 6) is 0. The first-order valence-electron chi connectivity index (χ1n) is 5.66. The van der Waals surface area contributed by atoms with Crippen molar-refractivity contribution in [3.63, 3.8) is 0 Å². The fourth-order valence-electron chi connectivity index (χ4n) is 1.56. The smallest absolute Gasteiger partial charge is 0.116 e. The van der Waals surface area contributed by atoms with E-state index in [0.29, 0.717) is 5.35 Å². The molecule has 0 spiro atoms. The minimum atomic E-state index is 0.670. The lowest BCUT2D eigenvalue weighted by atomic mass is 10.1. The number of hydrogen-bond donors (Lipinski definition) is 0. The molecule has 0 saturated heterocycles. The Morgan fingerprint density at radius 3 is 2.17 bits per heavy atom. The summed E-state index contributed by atoms with van der Waals surface area (Å²) in [7, 11) is 0. The molecule has 2 nitrogen and oxygen atoms in total. The fraction of sp³-hybridized carbons (Fsp3) is 0. The summed E-state index contributed by atoms with van der Waals surface area (Å²) in [4.78, 5) is 8.49. The van der Waals surface area contributed by atoms with Crippen molar-refractivity contribution >= 4 is 13.2 Å². The van der Waals surface area contributed by atoms with Gasteiger partial charge in [-0.25, -0.2) is 9.97 Å². The lowest BCUT2D eigenvalue weighted by Gasteiger charge is -1.97. The van der Waals surface area contributed by atoms with E-state index in [-0.39, 0.29) is 0 Å². The molecule has 0 N–H and O–H groups in total. The normalized spacial score (nSPS) is 9.56. The second-order valence-corrected chi connectivity index (χ2v) is 3.82. The van der Waals surface area contributed by atoms with Crippen molar-refractivity contribution < 1.29 is 0 Å². The molecule has 0 bridgehead atoms. The van der Waals surface area contributed by atoms with Crippen molar-refractivity contribution in [2.24, 2.45) is 0 Å². The molecule has 1 aromatic heterocycles. The summed E-state index contributed by atoms with van der Waals surface area (Å²) < 4.78 is 0. The molecule has 0 aliphatic rings. The van der Waals surface area contributed by atoms with Crippen LogP contribution in [0.3, 0.4) is 0 Å². The van der Waals surface area contributed by atoms with Crippen LogP contribution in [0.4, 0.5) is 0 Å². The van der Waals surface area contributed by atoms with E-state index in [4.69, 9.17) is 0 Å². The average Bonchev–Trinajstić information content (AvgIpc) is 2.40. The van der Waals surface area contributed by atoms with Gasteiger partial charge in [0.1, 0.15) is 6.33 Å². The molecule has 1 heterocycles. The van der Waals surface area contributed by atoms with Crippen LogP contribution in [0.25, 0.3) is 24.4 Å². The van der Waals surface area contributed by atoms with Gasteiger partial charge in [-0.3, -0.25) is 0 Å². The highest BCUT2D eigenvalue weighted by Gasteiger charge is 1.95. The van der Waals surface area contributed by atoms with Crippen LogP contribution < -0.4 is 10.6 Å². The monoisotopic (exact) mass is 234 g/mol. The van der Waals surface area contributed by atoms with Crippen molar-refractivity contribution in [2.45, 2.75) is 0 Å². The van der Waals surface area contributed by atoms with Gasteiger partial charge in [0, 0.05) is 5.56 Å². The Hall–Kier alpha value is -2.48. The van der Waals surface area contributed by atoms with Crippen molar-refractivity contribution in [1.29, 1.82) is 0 Å². The highest BCUT2D eigenvalue weighted by Crippen LogP contribution is 2.09. The zero-order chi connectivity index (χ0) is 12.8. The Morgan fingerprint density at radius 2 is 1.39 bits per heavy atom. The molecule has 0 saturated carbocycles. The van der Waals surface area contributed by atoms with Gasteiger partial charge < -0.3 is 0 Å². The second-order valence-electron chi connectivity index (χ2n) is 3.82. The van der Waals surface area contributed by atoms with E-state index in [1.54, 1.807) is 0 Å². The van der Waals surface area contributed by atoms with Gasteiger partial charge >= 0.3 is 0 Å². The van der Waals surface area contributed by atoms with E-state index in [0.717, 1.165) is 16.5 Å². The van der Waals surface area contributed by atoms with Crippen LogP contribution in [0.5, 0.6) is 0 Å². The topological polar surface area (TPSA) is 25.8 Å². The highest BCUT2D eigenvalue weighted by molar-refractivity contribution is 5.58. The highest BCUT2D eigenvalue weighted by atomic mass is 14.8. The molecule has 2 rings (SSSR count). The number of rotatable bonds is 1. The van der Waals surface area contributed by atoms with Gasteiger partial charge in [-0.15, -0.1) is 0 Å². The van der Waals surface area contributed by atoms with Crippen LogP contribution in [0.2, 0.25) is 0 Å². The van der Waals surface area contributed by atoms with Crippen LogP contribution in [0.15, 0.2) is 60.9 Å². The molecule has 0 aliphatic heterocycles. The molecule has 0 unspecified atom stereocenters. The summed E-state index contributed by atoms with van der Waals surface area (Å²) in [6.45, 7) is 7.82. The third-order valence-electron chi connectivity index (χ3n) is 2.46. The maximum atomic E-state index is 4.37. The molecule has 0 aliphatic carbocycles. The first-order valence-corrected chi connectivity index (χ1v) is 5.66. The first kappa shape index (κ1) is 12.0. The zero-order valence-corrected chi connectivity index (χ0v) is 10.1. The predicted octanol–water partition coefficient (Wildman–Crippen LogP) is 2.09. The molecule has 1 aromatic carbocycles. The fourth-order valence-corrected chi connectivity index (χ4v) is 1.56. The Morgan fingerprint density at radius 1 is 0.722 bits per heavy atom. The Kier molecular flexibility index (Phi) is 3.82. The van der Waals surface area contributed by atoms with E-state index in [1.807, 2.05) is 54.6 Å². The SMILES string of the molecule is C=c1ccccc(=C)c(-c2ccccc2)ncn1. The van der Waals surface area contributed by atoms with Gasteiger partial charge in [-0.2, -0.15) is 0 Å². The zero-order valence-electron chi connectivity index (χ0n) is 10.1. The first-order chi connectivity index (χ1) is 8.77. The van der Waals surface area contributed by atoms with Crippen LogP contribution in [-0.2, 0) is 0 Å². The molecular weight excluding hydrogens is 220 g/mol. The maximum absolute atomic E-state index is 4.37. The van der Waals surface area contributed by atoms with Gasteiger partial charge in [0.25, 0.3) is 0 Å².